The summed E-state index contributed by atoms with van der Waals surface area (Å²) < 4.78 is 13.2. The minimum atomic E-state index is -0.618. The first-order chi connectivity index (χ1) is 8.97. The van der Waals surface area contributed by atoms with Crippen LogP contribution in [0.2, 0.25) is 5.02 Å². The molecule has 1 amide bonds. The number of carbonyl (C=O) groups is 1. The largest absolute Gasteiger partial charge is 0.507 e. The number of amides is 1. The zero-order valence-electron chi connectivity index (χ0n) is 10.1. The molecule has 2 aromatic carbocycles. The quantitative estimate of drug-likeness (QED) is 0.880. The summed E-state index contributed by atoms with van der Waals surface area (Å²) in [6.07, 6.45) is 0. The molecule has 0 fully saturated rings. The second-order valence-electron chi connectivity index (χ2n) is 4.10. The fourth-order valence-electron chi connectivity index (χ4n) is 1.60. The van der Waals surface area contributed by atoms with Gasteiger partial charge in [0.25, 0.3) is 5.91 Å². The van der Waals surface area contributed by atoms with Gasteiger partial charge >= 0.3 is 0 Å². The number of anilines is 1. The third-order valence-corrected chi connectivity index (χ3v) is 2.88. The fourth-order valence-corrected chi connectivity index (χ4v) is 1.72. The van der Waals surface area contributed by atoms with Gasteiger partial charge < -0.3 is 10.4 Å². The highest BCUT2D eigenvalue weighted by Gasteiger charge is 2.12. The minimum absolute atomic E-state index is 0.0172. The van der Waals surface area contributed by atoms with Crippen LogP contribution in [0.4, 0.5) is 10.1 Å². The summed E-state index contributed by atoms with van der Waals surface area (Å²) in [7, 11) is 0. The van der Waals surface area contributed by atoms with E-state index in [1.54, 1.807) is 19.1 Å². The Bertz CT molecular complexity index is 643. The Kier molecular flexibility index (Phi) is 3.71. The molecule has 19 heavy (non-hydrogen) atoms. The van der Waals surface area contributed by atoms with E-state index in [-0.39, 0.29) is 22.0 Å². The van der Waals surface area contributed by atoms with E-state index in [0.717, 1.165) is 11.6 Å². The van der Waals surface area contributed by atoms with Crippen LogP contribution >= 0.6 is 11.6 Å². The van der Waals surface area contributed by atoms with Gasteiger partial charge in [0.2, 0.25) is 0 Å². The van der Waals surface area contributed by atoms with Gasteiger partial charge in [0.05, 0.1) is 10.6 Å². The molecule has 0 aliphatic rings. The third kappa shape index (κ3) is 3.03. The normalized spacial score (nSPS) is 10.3. The maximum Gasteiger partial charge on any atom is 0.259 e. The number of nitrogens with one attached hydrogen (secondary N) is 1. The minimum Gasteiger partial charge on any atom is -0.507 e. The fraction of sp³-hybridized carbons (Fsp3) is 0.0714. The number of hydrogen-bond donors (Lipinski definition) is 2. The molecule has 0 saturated carbocycles. The van der Waals surface area contributed by atoms with Crippen LogP contribution in [-0.4, -0.2) is 11.0 Å². The van der Waals surface area contributed by atoms with Crippen molar-refractivity contribution >= 4 is 23.2 Å². The van der Waals surface area contributed by atoms with E-state index >= 15 is 0 Å². The highest BCUT2D eigenvalue weighted by atomic mass is 35.5. The lowest BCUT2D eigenvalue weighted by molar-refractivity contribution is 0.102. The first kappa shape index (κ1) is 13.4. The van der Waals surface area contributed by atoms with Crippen molar-refractivity contribution in [1.29, 1.82) is 0 Å². The van der Waals surface area contributed by atoms with Crippen molar-refractivity contribution in [2.24, 2.45) is 0 Å². The van der Waals surface area contributed by atoms with Crippen LogP contribution in [0.15, 0.2) is 36.4 Å². The van der Waals surface area contributed by atoms with E-state index in [0.29, 0.717) is 0 Å². The van der Waals surface area contributed by atoms with E-state index in [4.69, 9.17) is 11.6 Å². The number of phenols is 1. The van der Waals surface area contributed by atoms with Crippen molar-refractivity contribution in [2.75, 3.05) is 5.32 Å². The number of aromatic hydroxyl groups is 1. The van der Waals surface area contributed by atoms with Crippen molar-refractivity contribution in [3.8, 4) is 5.75 Å². The zero-order chi connectivity index (χ0) is 14.0. The maximum atomic E-state index is 13.2. The Morgan fingerprint density at radius 3 is 2.68 bits per heavy atom. The SMILES string of the molecule is Cc1ccc(O)c(C(=O)Nc2ccc(Cl)c(F)c2)c1. The molecule has 0 radical (unpaired) electrons. The second-order valence-corrected chi connectivity index (χ2v) is 4.51. The van der Waals surface area contributed by atoms with Gasteiger partial charge in [-0.3, -0.25) is 4.79 Å². The lowest BCUT2D eigenvalue weighted by Gasteiger charge is -2.08. The number of carbonyl (C=O) groups excluding carboxylic acids is 1. The Morgan fingerprint density at radius 2 is 2.00 bits per heavy atom. The molecule has 0 spiro atoms. The first-order valence-electron chi connectivity index (χ1n) is 5.53. The lowest BCUT2D eigenvalue weighted by Crippen LogP contribution is -2.12. The highest BCUT2D eigenvalue weighted by Crippen LogP contribution is 2.22. The van der Waals surface area contributed by atoms with Crippen LogP contribution in [0, 0.1) is 12.7 Å². The van der Waals surface area contributed by atoms with Crippen molar-refractivity contribution < 1.29 is 14.3 Å². The molecule has 3 nitrogen and oxygen atoms in total. The van der Waals surface area contributed by atoms with Crippen LogP contribution in [0.5, 0.6) is 5.75 Å². The van der Waals surface area contributed by atoms with Gasteiger partial charge in [0.1, 0.15) is 11.6 Å². The predicted molar refractivity (Wildman–Crippen MR) is 72.2 cm³/mol. The molecule has 5 heteroatoms. The Labute approximate surface area is 114 Å². The molecular formula is C14H11ClFNO2. The number of aryl methyl sites for hydroxylation is 1. The molecule has 0 aromatic heterocycles. The standard InChI is InChI=1S/C14H11ClFNO2/c1-8-2-5-13(18)10(6-8)14(19)17-9-3-4-11(15)12(16)7-9/h2-7,18H,1H3,(H,17,19). The Balaban J connectivity index is 2.25. The van der Waals surface area contributed by atoms with E-state index in [9.17, 15) is 14.3 Å². The Morgan fingerprint density at radius 1 is 1.26 bits per heavy atom. The van der Waals surface area contributed by atoms with Gasteiger partial charge in [-0.15, -0.1) is 0 Å². The summed E-state index contributed by atoms with van der Waals surface area (Å²) in [4.78, 5) is 12.0. The average Bonchev–Trinajstić information content (AvgIpc) is 2.36. The van der Waals surface area contributed by atoms with Gasteiger partial charge in [0, 0.05) is 5.69 Å². The van der Waals surface area contributed by atoms with Crippen LogP contribution in [0.25, 0.3) is 0 Å². The molecule has 0 aliphatic heterocycles. The predicted octanol–water partition coefficient (Wildman–Crippen LogP) is 3.75. The number of benzene rings is 2. The summed E-state index contributed by atoms with van der Waals surface area (Å²) in [5.41, 5.74) is 1.24. The molecule has 0 unspecified atom stereocenters. The van der Waals surface area contributed by atoms with Gasteiger partial charge in [-0.1, -0.05) is 23.2 Å². The zero-order valence-corrected chi connectivity index (χ0v) is 10.8. The lowest BCUT2D eigenvalue weighted by atomic mass is 10.1. The van der Waals surface area contributed by atoms with Crippen LogP contribution in [-0.2, 0) is 0 Å². The van der Waals surface area contributed by atoms with Gasteiger partial charge in [-0.2, -0.15) is 0 Å². The Hall–Kier alpha value is -2.07. The average molecular weight is 280 g/mol. The molecule has 0 bridgehead atoms. The van der Waals surface area contributed by atoms with Crippen LogP contribution in [0.3, 0.4) is 0 Å². The number of hydrogen-bond acceptors (Lipinski definition) is 2. The summed E-state index contributed by atoms with van der Waals surface area (Å²) >= 11 is 5.55. The summed E-state index contributed by atoms with van der Waals surface area (Å²) in [6, 6.07) is 8.63. The smallest absolute Gasteiger partial charge is 0.259 e. The van der Waals surface area contributed by atoms with E-state index < -0.39 is 11.7 Å². The van der Waals surface area contributed by atoms with Crippen molar-refractivity contribution in [1.82, 2.24) is 0 Å². The second kappa shape index (κ2) is 5.28. The van der Waals surface area contributed by atoms with Crippen molar-refractivity contribution in [3.05, 3.63) is 58.4 Å². The molecular weight excluding hydrogens is 269 g/mol. The summed E-state index contributed by atoms with van der Waals surface area (Å²) in [5, 5.41) is 12.1. The number of phenolic OH excluding ortho intramolecular Hbond substituents is 1. The molecule has 98 valence electrons. The van der Waals surface area contributed by atoms with E-state index in [1.165, 1.54) is 18.2 Å². The van der Waals surface area contributed by atoms with Gasteiger partial charge in [-0.25, -0.2) is 4.39 Å². The van der Waals surface area contributed by atoms with Crippen LogP contribution < -0.4 is 5.32 Å². The van der Waals surface area contributed by atoms with E-state index in [2.05, 4.69) is 5.32 Å². The molecule has 0 saturated heterocycles. The number of halogens is 2. The van der Waals surface area contributed by atoms with Crippen LogP contribution in [0.1, 0.15) is 15.9 Å². The monoisotopic (exact) mass is 279 g/mol. The summed E-state index contributed by atoms with van der Waals surface area (Å²) in [6.45, 7) is 1.80. The first-order valence-corrected chi connectivity index (χ1v) is 5.91. The molecule has 2 aromatic rings. The third-order valence-electron chi connectivity index (χ3n) is 2.57. The molecule has 0 aliphatic carbocycles. The number of rotatable bonds is 2. The summed E-state index contributed by atoms with van der Waals surface area (Å²) in [5.74, 6) is -1.26. The molecule has 2 rings (SSSR count). The molecule has 0 heterocycles. The maximum absolute atomic E-state index is 13.2. The van der Waals surface area contributed by atoms with Crippen molar-refractivity contribution in [3.63, 3.8) is 0 Å². The van der Waals surface area contributed by atoms with Gasteiger partial charge in [0.15, 0.2) is 0 Å². The van der Waals surface area contributed by atoms with E-state index in [1.807, 2.05) is 0 Å². The van der Waals surface area contributed by atoms with Crippen molar-refractivity contribution in [2.45, 2.75) is 6.92 Å². The molecule has 2 N–H and O–H groups in total. The van der Waals surface area contributed by atoms with Gasteiger partial charge in [-0.05, 0) is 37.3 Å². The highest BCUT2D eigenvalue weighted by molar-refractivity contribution is 6.30. The molecule has 0 atom stereocenters. The topological polar surface area (TPSA) is 49.3 Å².